The summed E-state index contributed by atoms with van der Waals surface area (Å²) in [6.07, 6.45) is 0. The van der Waals surface area contributed by atoms with Crippen LogP contribution in [0.3, 0.4) is 0 Å². The summed E-state index contributed by atoms with van der Waals surface area (Å²) in [5.74, 6) is 0. The summed E-state index contributed by atoms with van der Waals surface area (Å²) in [6, 6.07) is 5.45. The van der Waals surface area contributed by atoms with Crippen LogP contribution in [0.5, 0.6) is 0 Å². The third kappa shape index (κ3) is 2.40. The Morgan fingerprint density at radius 3 is 2.09 bits per heavy atom. The van der Waals surface area contributed by atoms with Crippen molar-refractivity contribution < 1.29 is 18.9 Å². The predicted octanol–water partition coefficient (Wildman–Crippen LogP) is -0.276. The molecule has 0 spiro atoms. The number of benzene rings is 1. The second-order valence-electron chi connectivity index (χ2n) is 2.89. The minimum Gasteiger partial charge on any atom is -0.177 e. The molecule has 0 aliphatic rings. The van der Waals surface area contributed by atoms with E-state index in [9.17, 15) is 0 Å². The van der Waals surface area contributed by atoms with Gasteiger partial charge in [-0.25, -0.2) is 0 Å². The summed E-state index contributed by atoms with van der Waals surface area (Å²) in [4.78, 5) is 0. The molecule has 0 heterocycles. The van der Waals surface area contributed by atoms with Gasteiger partial charge in [-0.15, -0.1) is 0 Å². The molecule has 54 valence electrons. The van der Waals surface area contributed by atoms with E-state index in [1.165, 1.54) is 22.3 Å². The van der Waals surface area contributed by atoms with Crippen LogP contribution in [0.15, 0.2) is 6.07 Å². The fourth-order valence-corrected chi connectivity index (χ4v) is 1.15. The van der Waals surface area contributed by atoms with Crippen LogP contribution in [-0.2, 0) is 0 Å². The van der Waals surface area contributed by atoms with Crippen LogP contribution < -0.4 is 18.9 Å². The fraction of sp³-hybridized carbons (Fsp3) is 0.400. The summed E-state index contributed by atoms with van der Waals surface area (Å²) in [5.41, 5.74) is 5.25. The molecular formula is C10H13Li. The standard InChI is InChI=1S/C10H13.Li/c1-7-5-8(2)10(4)9(3)6-7;/h5H,1-4H3;/q-1;+1. The van der Waals surface area contributed by atoms with Crippen LogP contribution in [0.4, 0.5) is 0 Å². The first-order valence-corrected chi connectivity index (χ1v) is 3.58. The number of aryl methyl sites for hydroxylation is 3. The van der Waals surface area contributed by atoms with Crippen LogP contribution in [-0.4, -0.2) is 0 Å². The second-order valence-corrected chi connectivity index (χ2v) is 2.89. The predicted molar refractivity (Wildman–Crippen MR) is 44.2 cm³/mol. The molecule has 0 saturated carbocycles. The summed E-state index contributed by atoms with van der Waals surface area (Å²) in [7, 11) is 0. The van der Waals surface area contributed by atoms with Crippen LogP contribution in [0.2, 0.25) is 0 Å². The minimum absolute atomic E-state index is 0. The first-order valence-electron chi connectivity index (χ1n) is 3.58. The Labute approximate surface area is 81.2 Å². The molecule has 0 aliphatic carbocycles. The van der Waals surface area contributed by atoms with E-state index in [4.69, 9.17) is 0 Å². The van der Waals surface area contributed by atoms with E-state index in [2.05, 4.69) is 39.8 Å². The molecule has 0 fully saturated rings. The van der Waals surface area contributed by atoms with Crippen molar-refractivity contribution in [2.75, 3.05) is 0 Å². The van der Waals surface area contributed by atoms with Gasteiger partial charge in [0, 0.05) is 0 Å². The smallest absolute Gasteiger partial charge is 0.177 e. The van der Waals surface area contributed by atoms with Gasteiger partial charge >= 0.3 is 18.9 Å². The Kier molecular flexibility index (Phi) is 3.93. The number of rotatable bonds is 0. The van der Waals surface area contributed by atoms with E-state index >= 15 is 0 Å². The quantitative estimate of drug-likeness (QED) is 0.343. The Hall–Kier alpha value is -0.183. The van der Waals surface area contributed by atoms with Gasteiger partial charge in [0.25, 0.3) is 0 Å². The van der Waals surface area contributed by atoms with E-state index in [0.29, 0.717) is 0 Å². The van der Waals surface area contributed by atoms with Crippen molar-refractivity contribution in [2.24, 2.45) is 0 Å². The van der Waals surface area contributed by atoms with Crippen molar-refractivity contribution in [2.45, 2.75) is 27.7 Å². The van der Waals surface area contributed by atoms with E-state index < -0.39 is 0 Å². The van der Waals surface area contributed by atoms with Crippen molar-refractivity contribution in [1.29, 1.82) is 0 Å². The van der Waals surface area contributed by atoms with Gasteiger partial charge in [0.2, 0.25) is 0 Å². The van der Waals surface area contributed by atoms with E-state index in [1.54, 1.807) is 0 Å². The van der Waals surface area contributed by atoms with Gasteiger partial charge < -0.3 is 0 Å². The molecular weight excluding hydrogens is 127 g/mol. The maximum absolute atomic E-state index is 3.28. The Bertz CT molecular complexity index is 228. The van der Waals surface area contributed by atoms with Crippen molar-refractivity contribution in [3.05, 3.63) is 34.4 Å². The maximum atomic E-state index is 3.28. The normalized spacial score (nSPS) is 9.09. The number of hydrogen-bond donors (Lipinski definition) is 0. The van der Waals surface area contributed by atoms with Gasteiger partial charge in [-0.1, -0.05) is 27.7 Å². The molecule has 0 aromatic heterocycles. The Balaban J connectivity index is 0.000001000. The molecule has 0 bridgehead atoms. The second kappa shape index (κ2) is 4.00. The van der Waals surface area contributed by atoms with E-state index in [-0.39, 0.29) is 18.9 Å². The van der Waals surface area contributed by atoms with Gasteiger partial charge in [-0.05, 0) is 0 Å². The van der Waals surface area contributed by atoms with Crippen LogP contribution in [0.1, 0.15) is 22.3 Å². The van der Waals surface area contributed by atoms with Crippen molar-refractivity contribution >= 4 is 0 Å². The van der Waals surface area contributed by atoms with Gasteiger partial charge in [-0.3, -0.25) is 0 Å². The first kappa shape index (κ1) is 10.8. The maximum Gasteiger partial charge on any atom is 1.00 e. The summed E-state index contributed by atoms with van der Waals surface area (Å²) >= 11 is 0. The zero-order valence-electron chi connectivity index (χ0n) is 8.08. The monoisotopic (exact) mass is 140 g/mol. The molecule has 1 heteroatoms. The fourth-order valence-electron chi connectivity index (χ4n) is 1.15. The van der Waals surface area contributed by atoms with Gasteiger partial charge in [0.05, 0.1) is 0 Å². The van der Waals surface area contributed by atoms with Crippen molar-refractivity contribution in [1.82, 2.24) is 0 Å². The molecule has 0 atom stereocenters. The average Bonchev–Trinajstić information content (AvgIpc) is 1.82. The summed E-state index contributed by atoms with van der Waals surface area (Å²) in [5, 5.41) is 0. The third-order valence-electron chi connectivity index (χ3n) is 1.97. The third-order valence-corrected chi connectivity index (χ3v) is 1.97. The Morgan fingerprint density at radius 1 is 1.09 bits per heavy atom. The molecule has 0 amide bonds. The first-order chi connectivity index (χ1) is 4.61. The molecule has 0 aliphatic heterocycles. The van der Waals surface area contributed by atoms with Crippen LogP contribution in [0.25, 0.3) is 0 Å². The zero-order chi connectivity index (χ0) is 7.72. The van der Waals surface area contributed by atoms with E-state index in [0.717, 1.165) is 0 Å². The van der Waals surface area contributed by atoms with Crippen LogP contribution in [0, 0.1) is 33.8 Å². The van der Waals surface area contributed by atoms with Crippen molar-refractivity contribution in [3.8, 4) is 0 Å². The van der Waals surface area contributed by atoms with Gasteiger partial charge in [-0.2, -0.15) is 34.4 Å². The van der Waals surface area contributed by atoms with E-state index in [1.807, 2.05) is 0 Å². The molecule has 1 rings (SSSR count). The minimum atomic E-state index is 0. The zero-order valence-corrected chi connectivity index (χ0v) is 8.08. The van der Waals surface area contributed by atoms with Gasteiger partial charge in [0.1, 0.15) is 0 Å². The number of hydrogen-bond acceptors (Lipinski definition) is 0. The van der Waals surface area contributed by atoms with Crippen molar-refractivity contribution in [3.63, 3.8) is 0 Å². The molecule has 1 aromatic rings. The molecule has 0 radical (unpaired) electrons. The summed E-state index contributed by atoms with van der Waals surface area (Å²) in [6.45, 7) is 8.47. The van der Waals surface area contributed by atoms with Gasteiger partial charge in [0.15, 0.2) is 0 Å². The molecule has 0 saturated heterocycles. The molecule has 0 nitrogen and oxygen atoms in total. The summed E-state index contributed by atoms with van der Waals surface area (Å²) < 4.78 is 0. The molecule has 0 N–H and O–H groups in total. The molecule has 11 heavy (non-hydrogen) atoms. The largest absolute Gasteiger partial charge is 1.00 e. The molecule has 1 aromatic carbocycles. The Morgan fingerprint density at radius 2 is 1.64 bits per heavy atom. The molecule has 0 unspecified atom stereocenters. The SMILES string of the molecule is Cc1[c-]c(C)c(C)c(C)c1.[Li+]. The average molecular weight is 140 g/mol. The van der Waals surface area contributed by atoms with Crippen LogP contribution >= 0.6 is 0 Å². The topological polar surface area (TPSA) is 0 Å².